The number of benzene rings is 1. The molecule has 0 aliphatic heterocycles. The molecule has 0 atom stereocenters. The quantitative estimate of drug-likeness (QED) is 0.889. The van der Waals surface area contributed by atoms with Crippen LogP contribution < -0.4 is 10.1 Å². The molecule has 2 aromatic rings. The summed E-state index contributed by atoms with van der Waals surface area (Å²) in [5.74, 6) is 1.64. The van der Waals surface area contributed by atoms with Gasteiger partial charge in [-0.3, -0.25) is 0 Å². The first-order chi connectivity index (χ1) is 10.8. The number of methoxy groups -OCH3 is 1. The van der Waals surface area contributed by atoms with E-state index in [1.807, 2.05) is 12.3 Å². The van der Waals surface area contributed by atoms with Gasteiger partial charge >= 0.3 is 0 Å². The number of nitrogens with one attached hydrogen (secondary N) is 1. The van der Waals surface area contributed by atoms with E-state index in [0.29, 0.717) is 11.8 Å². The highest BCUT2D eigenvalue weighted by atomic mass is 19.1. The average molecular weight is 298 g/mol. The molecule has 114 valence electrons. The predicted molar refractivity (Wildman–Crippen MR) is 84.4 cm³/mol. The van der Waals surface area contributed by atoms with Crippen LogP contribution in [0.25, 0.3) is 0 Å². The monoisotopic (exact) mass is 298 g/mol. The van der Waals surface area contributed by atoms with Crippen LogP contribution in [0.2, 0.25) is 0 Å². The number of fused-ring (bicyclic) bond motifs is 2. The summed E-state index contributed by atoms with van der Waals surface area (Å²) in [5.41, 5.74) is 4.36. The van der Waals surface area contributed by atoms with E-state index >= 15 is 0 Å². The van der Waals surface area contributed by atoms with E-state index in [1.54, 1.807) is 13.2 Å². The lowest BCUT2D eigenvalue weighted by molar-refractivity contribution is 0.329. The highest BCUT2D eigenvalue weighted by Gasteiger charge is 2.37. The van der Waals surface area contributed by atoms with Crippen LogP contribution >= 0.6 is 0 Å². The highest BCUT2D eigenvalue weighted by Crippen LogP contribution is 2.54. The van der Waals surface area contributed by atoms with E-state index in [0.717, 1.165) is 17.3 Å². The largest absolute Gasteiger partial charge is 0.481 e. The minimum atomic E-state index is -0.234. The Morgan fingerprint density at radius 3 is 2.55 bits per heavy atom. The molecule has 22 heavy (non-hydrogen) atoms. The van der Waals surface area contributed by atoms with Crippen molar-refractivity contribution in [3.05, 3.63) is 47.4 Å². The van der Waals surface area contributed by atoms with Gasteiger partial charge in [0.05, 0.1) is 19.0 Å². The van der Waals surface area contributed by atoms with Crippen LogP contribution in [0.1, 0.15) is 48.6 Å². The molecule has 1 N–H and O–H groups in total. The van der Waals surface area contributed by atoms with Crippen molar-refractivity contribution in [2.24, 2.45) is 0 Å². The molecule has 5 rings (SSSR count). The van der Waals surface area contributed by atoms with Crippen LogP contribution in [0.15, 0.2) is 30.5 Å². The number of halogens is 1. The summed E-state index contributed by atoms with van der Waals surface area (Å²) < 4.78 is 18.9. The molecule has 2 bridgehead atoms. The lowest BCUT2D eigenvalue weighted by Crippen LogP contribution is -2.24. The van der Waals surface area contributed by atoms with Gasteiger partial charge < -0.3 is 10.1 Å². The van der Waals surface area contributed by atoms with Crippen molar-refractivity contribution in [1.29, 1.82) is 0 Å². The van der Waals surface area contributed by atoms with E-state index in [9.17, 15) is 4.39 Å². The Hall–Kier alpha value is -2.10. The molecule has 0 unspecified atom stereocenters. The van der Waals surface area contributed by atoms with Gasteiger partial charge in [0.25, 0.3) is 0 Å². The molecule has 0 spiro atoms. The minimum absolute atomic E-state index is 0.234. The number of hydrogen-bond acceptors (Lipinski definition) is 3. The first-order valence-corrected chi connectivity index (χ1v) is 7.85. The van der Waals surface area contributed by atoms with Gasteiger partial charge in [-0.05, 0) is 61.3 Å². The second-order valence-corrected chi connectivity index (χ2v) is 6.19. The van der Waals surface area contributed by atoms with Gasteiger partial charge in [-0.2, -0.15) is 0 Å². The van der Waals surface area contributed by atoms with Gasteiger partial charge in [0.2, 0.25) is 5.88 Å². The van der Waals surface area contributed by atoms with Crippen molar-refractivity contribution in [2.75, 3.05) is 12.4 Å². The van der Waals surface area contributed by atoms with Crippen LogP contribution in [0.4, 0.5) is 15.8 Å². The van der Waals surface area contributed by atoms with Crippen molar-refractivity contribution >= 4 is 11.4 Å². The number of anilines is 2. The van der Waals surface area contributed by atoms with E-state index < -0.39 is 0 Å². The molecule has 0 amide bonds. The van der Waals surface area contributed by atoms with Crippen LogP contribution in [0, 0.1) is 5.82 Å². The second kappa shape index (κ2) is 5.27. The van der Waals surface area contributed by atoms with E-state index in [4.69, 9.17) is 4.74 Å². The summed E-state index contributed by atoms with van der Waals surface area (Å²) in [6.07, 6.45) is 6.72. The number of aromatic nitrogens is 1. The minimum Gasteiger partial charge on any atom is -0.481 e. The Labute approximate surface area is 129 Å². The van der Waals surface area contributed by atoms with Crippen molar-refractivity contribution in [3.63, 3.8) is 0 Å². The van der Waals surface area contributed by atoms with Gasteiger partial charge in [0, 0.05) is 11.3 Å². The fourth-order valence-corrected chi connectivity index (χ4v) is 4.01. The zero-order valence-electron chi connectivity index (χ0n) is 12.6. The average Bonchev–Trinajstić information content (AvgIpc) is 2.56. The summed E-state index contributed by atoms with van der Waals surface area (Å²) in [5, 5.41) is 3.35. The predicted octanol–water partition coefficient (Wildman–Crippen LogP) is 4.73. The third-order valence-corrected chi connectivity index (χ3v) is 4.96. The molecular weight excluding hydrogens is 279 g/mol. The topological polar surface area (TPSA) is 34.1 Å². The molecular formula is C18H19FN2O. The Morgan fingerprint density at radius 1 is 1.14 bits per heavy atom. The van der Waals surface area contributed by atoms with Gasteiger partial charge in [0.15, 0.2) is 0 Å². The van der Waals surface area contributed by atoms with E-state index in [2.05, 4.69) is 10.3 Å². The Kier molecular flexibility index (Phi) is 3.25. The summed E-state index contributed by atoms with van der Waals surface area (Å²) in [6.45, 7) is 0. The van der Waals surface area contributed by atoms with Crippen LogP contribution in [0.5, 0.6) is 5.88 Å². The van der Waals surface area contributed by atoms with Crippen LogP contribution in [-0.2, 0) is 0 Å². The maximum Gasteiger partial charge on any atom is 0.216 e. The highest BCUT2D eigenvalue weighted by molar-refractivity contribution is 5.67. The zero-order valence-corrected chi connectivity index (χ0v) is 12.6. The first kappa shape index (κ1) is 13.6. The van der Waals surface area contributed by atoms with Gasteiger partial charge in [-0.1, -0.05) is 6.07 Å². The lowest BCUT2D eigenvalue weighted by atomic mass is 9.67. The smallest absolute Gasteiger partial charge is 0.216 e. The molecule has 1 fully saturated rings. The molecule has 3 aliphatic carbocycles. The molecule has 1 aromatic heterocycles. The van der Waals surface area contributed by atoms with Gasteiger partial charge in [0.1, 0.15) is 5.82 Å². The molecule has 3 aliphatic rings. The number of ether oxygens (including phenoxy) is 1. The van der Waals surface area contributed by atoms with Crippen molar-refractivity contribution in [1.82, 2.24) is 4.98 Å². The normalized spacial score (nSPS) is 22.3. The summed E-state index contributed by atoms with van der Waals surface area (Å²) >= 11 is 0. The molecule has 4 heteroatoms. The van der Waals surface area contributed by atoms with E-state index in [-0.39, 0.29) is 5.82 Å². The molecule has 3 nitrogen and oxygen atoms in total. The molecule has 1 saturated carbocycles. The lowest BCUT2D eigenvalue weighted by Gasteiger charge is -2.39. The van der Waals surface area contributed by atoms with E-state index in [1.165, 1.54) is 48.9 Å². The third kappa shape index (κ3) is 2.14. The molecule has 1 aromatic carbocycles. The third-order valence-electron chi connectivity index (χ3n) is 4.96. The summed E-state index contributed by atoms with van der Waals surface area (Å²) in [4.78, 5) is 4.47. The SMILES string of the molecule is COc1ncc(Nc2cccc(F)c2)c2c1C1CCC2CC1. The zero-order chi connectivity index (χ0) is 15.1. The van der Waals surface area contributed by atoms with Crippen molar-refractivity contribution < 1.29 is 9.13 Å². The maximum atomic E-state index is 13.4. The first-order valence-electron chi connectivity index (χ1n) is 7.85. The second-order valence-electron chi connectivity index (χ2n) is 6.19. The fourth-order valence-electron chi connectivity index (χ4n) is 4.01. The Bertz CT molecular complexity index is 708. The number of hydrogen-bond donors (Lipinski definition) is 1. The van der Waals surface area contributed by atoms with Crippen LogP contribution in [0.3, 0.4) is 0 Å². The van der Waals surface area contributed by atoms with Crippen molar-refractivity contribution in [3.8, 4) is 5.88 Å². The fraction of sp³-hybridized carbons (Fsp3) is 0.389. The van der Waals surface area contributed by atoms with Crippen molar-refractivity contribution in [2.45, 2.75) is 37.5 Å². The summed E-state index contributed by atoms with van der Waals surface area (Å²) in [6, 6.07) is 6.56. The molecule has 1 heterocycles. The number of rotatable bonds is 3. The van der Waals surface area contributed by atoms with Gasteiger partial charge in [-0.25, -0.2) is 9.37 Å². The standard InChI is InChI=1S/C18H19FN2O/c1-22-18-17-12-7-5-11(6-8-12)16(17)15(10-20-18)21-14-4-2-3-13(19)9-14/h2-4,9-12,21H,5-8H2,1H3. The Morgan fingerprint density at radius 2 is 1.86 bits per heavy atom. The maximum absolute atomic E-state index is 13.4. The van der Waals surface area contributed by atoms with Crippen LogP contribution in [-0.4, -0.2) is 12.1 Å². The number of nitrogens with zero attached hydrogens (tertiary/aromatic N) is 1. The molecule has 0 saturated heterocycles. The van der Waals surface area contributed by atoms with Gasteiger partial charge in [-0.15, -0.1) is 0 Å². The number of pyridine rings is 1. The summed E-state index contributed by atoms with van der Waals surface area (Å²) in [7, 11) is 1.69. The molecule has 0 radical (unpaired) electrons. The Balaban J connectivity index is 1.79.